The number of benzene rings is 1. The number of ether oxygens (including phenoxy) is 1. The summed E-state index contributed by atoms with van der Waals surface area (Å²) in [4.78, 5) is 16.4. The van der Waals surface area contributed by atoms with Gasteiger partial charge in [-0.15, -0.1) is 0 Å². The van der Waals surface area contributed by atoms with Crippen molar-refractivity contribution < 1.29 is 9.53 Å². The molecule has 0 aromatic heterocycles. The van der Waals surface area contributed by atoms with Crippen LogP contribution in [-0.2, 0) is 9.53 Å². The average Bonchev–Trinajstić information content (AvgIpc) is 2.83. The van der Waals surface area contributed by atoms with Crippen LogP contribution in [0.25, 0.3) is 0 Å². The van der Waals surface area contributed by atoms with Crippen LogP contribution in [0.3, 0.4) is 0 Å². The maximum Gasteiger partial charge on any atom is 0.363 e. The summed E-state index contributed by atoms with van der Waals surface area (Å²) in [5.41, 5.74) is 2.57. The molecule has 19 heavy (non-hydrogen) atoms. The molecular formula is C16H17NO2. The number of rotatable bonds is 1. The molecule has 0 unspecified atom stereocenters. The van der Waals surface area contributed by atoms with E-state index in [-0.39, 0.29) is 5.97 Å². The van der Waals surface area contributed by atoms with E-state index >= 15 is 0 Å². The summed E-state index contributed by atoms with van der Waals surface area (Å²) in [5, 5.41) is 0. The summed E-state index contributed by atoms with van der Waals surface area (Å²) in [6, 6.07) is 9.58. The van der Waals surface area contributed by atoms with E-state index in [1.807, 2.05) is 30.3 Å². The van der Waals surface area contributed by atoms with Crippen molar-refractivity contribution in [2.24, 2.45) is 10.9 Å². The van der Waals surface area contributed by atoms with Crippen LogP contribution in [-0.4, -0.2) is 11.9 Å². The SMILES string of the molecule is CC1CCC(=C2N=C(c3ccccc3)OC2=O)CC1. The Bertz CT molecular complexity index is 547. The lowest BCUT2D eigenvalue weighted by atomic mass is 9.86. The van der Waals surface area contributed by atoms with Gasteiger partial charge >= 0.3 is 5.97 Å². The van der Waals surface area contributed by atoms with E-state index in [9.17, 15) is 4.79 Å². The van der Waals surface area contributed by atoms with Crippen LogP contribution in [0.5, 0.6) is 0 Å². The topological polar surface area (TPSA) is 38.7 Å². The second-order valence-electron chi connectivity index (χ2n) is 5.31. The highest BCUT2D eigenvalue weighted by Crippen LogP contribution is 2.32. The lowest BCUT2D eigenvalue weighted by Crippen LogP contribution is -2.09. The number of carbonyl (C=O) groups is 1. The predicted octanol–water partition coefficient (Wildman–Crippen LogP) is 3.45. The first kappa shape index (κ1) is 12.2. The molecule has 1 aromatic carbocycles. The normalized spacial score (nSPS) is 23.3. The maximum atomic E-state index is 11.9. The quantitative estimate of drug-likeness (QED) is 0.569. The smallest absolute Gasteiger partial charge is 0.363 e. The highest BCUT2D eigenvalue weighted by Gasteiger charge is 2.28. The van der Waals surface area contributed by atoms with Crippen LogP contribution < -0.4 is 0 Å². The highest BCUT2D eigenvalue weighted by atomic mass is 16.6. The second kappa shape index (κ2) is 5.00. The van der Waals surface area contributed by atoms with Gasteiger partial charge in [-0.3, -0.25) is 0 Å². The molecule has 0 atom stereocenters. The van der Waals surface area contributed by atoms with Gasteiger partial charge in [-0.05, 0) is 49.3 Å². The molecule has 0 amide bonds. The van der Waals surface area contributed by atoms with Crippen LogP contribution in [0.15, 0.2) is 46.6 Å². The van der Waals surface area contributed by atoms with E-state index < -0.39 is 0 Å². The third kappa shape index (κ3) is 2.46. The van der Waals surface area contributed by atoms with Crippen molar-refractivity contribution >= 4 is 11.9 Å². The molecule has 1 saturated carbocycles. The van der Waals surface area contributed by atoms with Gasteiger partial charge in [0.15, 0.2) is 5.70 Å². The van der Waals surface area contributed by atoms with Gasteiger partial charge in [0.1, 0.15) is 0 Å². The first-order valence-corrected chi connectivity index (χ1v) is 6.82. The molecule has 3 heteroatoms. The van der Waals surface area contributed by atoms with Crippen LogP contribution in [0, 0.1) is 5.92 Å². The molecule has 1 fully saturated rings. The molecule has 1 aliphatic heterocycles. The van der Waals surface area contributed by atoms with Crippen LogP contribution in [0.1, 0.15) is 38.2 Å². The summed E-state index contributed by atoms with van der Waals surface area (Å²) in [7, 11) is 0. The summed E-state index contributed by atoms with van der Waals surface area (Å²) in [6.45, 7) is 2.26. The molecule has 1 aliphatic carbocycles. The molecule has 1 heterocycles. The monoisotopic (exact) mass is 255 g/mol. The summed E-state index contributed by atoms with van der Waals surface area (Å²) < 4.78 is 5.29. The van der Waals surface area contributed by atoms with Gasteiger partial charge in [0.25, 0.3) is 0 Å². The van der Waals surface area contributed by atoms with Gasteiger partial charge in [-0.25, -0.2) is 9.79 Å². The molecule has 3 rings (SSSR count). The van der Waals surface area contributed by atoms with Crippen molar-refractivity contribution in [1.82, 2.24) is 0 Å². The Labute approximate surface area is 113 Å². The van der Waals surface area contributed by atoms with Gasteiger partial charge in [0.05, 0.1) is 0 Å². The number of allylic oxidation sites excluding steroid dienone is 1. The number of hydrogen-bond donors (Lipinski definition) is 0. The number of cyclic esters (lactones) is 1. The molecular weight excluding hydrogens is 238 g/mol. The maximum absolute atomic E-state index is 11.9. The third-order valence-electron chi connectivity index (χ3n) is 3.83. The summed E-state index contributed by atoms with van der Waals surface area (Å²) in [6.07, 6.45) is 4.22. The average molecular weight is 255 g/mol. The Morgan fingerprint density at radius 3 is 2.53 bits per heavy atom. The van der Waals surface area contributed by atoms with Crippen LogP contribution >= 0.6 is 0 Å². The first-order valence-electron chi connectivity index (χ1n) is 6.82. The fourth-order valence-corrected chi connectivity index (χ4v) is 2.58. The zero-order valence-electron chi connectivity index (χ0n) is 11.1. The summed E-state index contributed by atoms with van der Waals surface area (Å²) >= 11 is 0. The molecule has 98 valence electrons. The fraction of sp³-hybridized carbons (Fsp3) is 0.375. The Kier molecular flexibility index (Phi) is 3.20. The Morgan fingerprint density at radius 2 is 1.84 bits per heavy atom. The van der Waals surface area contributed by atoms with Crippen LogP contribution in [0.2, 0.25) is 0 Å². The fourth-order valence-electron chi connectivity index (χ4n) is 2.58. The number of aliphatic imine (C=N–C) groups is 1. The Balaban J connectivity index is 1.89. The van der Waals surface area contributed by atoms with Crippen molar-refractivity contribution in [3.63, 3.8) is 0 Å². The van der Waals surface area contributed by atoms with Gasteiger partial charge in [-0.2, -0.15) is 0 Å². The number of nitrogens with zero attached hydrogens (tertiary/aromatic N) is 1. The summed E-state index contributed by atoms with van der Waals surface area (Å²) in [5.74, 6) is 0.898. The minimum atomic E-state index is -0.289. The predicted molar refractivity (Wildman–Crippen MR) is 73.7 cm³/mol. The molecule has 0 radical (unpaired) electrons. The molecule has 0 saturated heterocycles. The van der Waals surface area contributed by atoms with Crippen molar-refractivity contribution in [2.75, 3.05) is 0 Å². The van der Waals surface area contributed by atoms with E-state index in [0.29, 0.717) is 11.6 Å². The van der Waals surface area contributed by atoms with E-state index in [4.69, 9.17) is 4.74 Å². The second-order valence-corrected chi connectivity index (χ2v) is 5.31. The lowest BCUT2D eigenvalue weighted by molar-refractivity contribution is -0.130. The van der Waals surface area contributed by atoms with E-state index in [0.717, 1.165) is 42.7 Å². The standard InChI is InChI=1S/C16H17NO2/c1-11-7-9-12(10-8-11)14-16(18)19-15(17-14)13-5-3-2-4-6-13/h2-6,11H,7-10H2,1H3. The third-order valence-corrected chi connectivity index (χ3v) is 3.83. The largest absolute Gasteiger partial charge is 0.402 e. The lowest BCUT2D eigenvalue weighted by Gasteiger charge is -2.20. The van der Waals surface area contributed by atoms with Gasteiger partial charge in [-0.1, -0.05) is 25.1 Å². The van der Waals surface area contributed by atoms with E-state index in [1.54, 1.807) is 0 Å². The molecule has 0 N–H and O–H groups in total. The zero-order valence-corrected chi connectivity index (χ0v) is 11.1. The molecule has 1 aromatic rings. The van der Waals surface area contributed by atoms with E-state index in [2.05, 4.69) is 11.9 Å². The first-order chi connectivity index (χ1) is 9.24. The van der Waals surface area contributed by atoms with E-state index in [1.165, 1.54) is 0 Å². The minimum absolute atomic E-state index is 0.289. The molecule has 2 aliphatic rings. The Hall–Kier alpha value is -1.90. The minimum Gasteiger partial charge on any atom is -0.402 e. The number of carbonyl (C=O) groups excluding carboxylic acids is 1. The van der Waals surface area contributed by atoms with Crippen LogP contribution in [0.4, 0.5) is 0 Å². The highest BCUT2D eigenvalue weighted by molar-refractivity contribution is 6.11. The van der Waals surface area contributed by atoms with Crippen molar-refractivity contribution in [2.45, 2.75) is 32.6 Å². The molecule has 0 spiro atoms. The van der Waals surface area contributed by atoms with Crippen molar-refractivity contribution in [3.8, 4) is 0 Å². The molecule has 0 bridgehead atoms. The van der Waals surface area contributed by atoms with Gasteiger partial charge in [0, 0.05) is 5.56 Å². The number of hydrogen-bond acceptors (Lipinski definition) is 3. The Morgan fingerprint density at radius 1 is 1.16 bits per heavy atom. The van der Waals surface area contributed by atoms with Crippen molar-refractivity contribution in [3.05, 3.63) is 47.2 Å². The zero-order chi connectivity index (χ0) is 13.2. The van der Waals surface area contributed by atoms with Gasteiger partial charge < -0.3 is 4.74 Å². The van der Waals surface area contributed by atoms with Gasteiger partial charge in [0.2, 0.25) is 5.90 Å². The van der Waals surface area contributed by atoms with Crippen molar-refractivity contribution in [1.29, 1.82) is 0 Å². The molecule has 3 nitrogen and oxygen atoms in total. The number of esters is 1.